The second kappa shape index (κ2) is 6.41. The van der Waals surface area contributed by atoms with Gasteiger partial charge in [-0.15, -0.1) is 0 Å². The van der Waals surface area contributed by atoms with Crippen LogP contribution in [-0.2, 0) is 4.79 Å². The SMILES string of the molecule is Cc1ccc(NC(=O)/C=C/c2cc3c(cc2[N+](=O)[O-])OCO3)cc1. The van der Waals surface area contributed by atoms with Crippen LogP contribution in [0, 0.1) is 17.0 Å². The number of rotatable bonds is 4. The van der Waals surface area contributed by atoms with E-state index < -0.39 is 4.92 Å². The number of hydrogen-bond acceptors (Lipinski definition) is 5. The summed E-state index contributed by atoms with van der Waals surface area (Å²) in [6.45, 7) is 1.97. The number of fused-ring (bicyclic) bond motifs is 1. The molecular weight excluding hydrogens is 312 g/mol. The van der Waals surface area contributed by atoms with Gasteiger partial charge in [-0.05, 0) is 31.2 Å². The van der Waals surface area contributed by atoms with Crippen LogP contribution in [0.2, 0.25) is 0 Å². The smallest absolute Gasteiger partial charge is 0.280 e. The lowest BCUT2D eigenvalue weighted by Crippen LogP contribution is -2.07. The van der Waals surface area contributed by atoms with Gasteiger partial charge in [-0.2, -0.15) is 0 Å². The van der Waals surface area contributed by atoms with Crippen molar-refractivity contribution in [2.75, 3.05) is 12.1 Å². The molecule has 1 aliphatic heterocycles. The first kappa shape index (κ1) is 15.5. The summed E-state index contributed by atoms with van der Waals surface area (Å²) < 4.78 is 10.3. The van der Waals surface area contributed by atoms with Gasteiger partial charge in [0.2, 0.25) is 12.7 Å². The summed E-state index contributed by atoms with van der Waals surface area (Å²) in [5, 5.41) is 13.9. The number of hydrogen-bond donors (Lipinski definition) is 1. The highest BCUT2D eigenvalue weighted by atomic mass is 16.7. The Kier molecular flexibility index (Phi) is 4.15. The van der Waals surface area contributed by atoms with Crippen molar-refractivity contribution in [2.45, 2.75) is 6.92 Å². The predicted molar refractivity (Wildman–Crippen MR) is 88.1 cm³/mol. The van der Waals surface area contributed by atoms with Gasteiger partial charge in [-0.3, -0.25) is 14.9 Å². The Morgan fingerprint density at radius 2 is 1.88 bits per heavy atom. The molecule has 1 aliphatic rings. The van der Waals surface area contributed by atoms with E-state index in [-0.39, 0.29) is 24.0 Å². The predicted octanol–water partition coefficient (Wildman–Crippen LogP) is 3.28. The van der Waals surface area contributed by atoms with Crippen LogP contribution in [0.15, 0.2) is 42.5 Å². The minimum Gasteiger partial charge on any atom is -0.454 e. The maximum Gasteiger partial charge on any atom is 0.280 e. The molecule has 0 aromatic heterocycles. The number of carbonyl (C=O) groups is 1. The summed E-state index contributed by atoms with van der Waals surface area (Å²) in [5.41, 5.74) is 1.84. The Labute approximate surface area is 137 Å². The second-order valence-electron chi connectivity index (χ2n) is 5.21. The number of anilines is 1. The number of carbonyl (C=O) groups excluding carboxylic acids is 1. The third-order valence-electron chi connectivity index (χ3n) is 3.45. The first-order chi connectivity index (χ1) is 11.5. The van der Waals surface area contributed by atoms with E-state index >= 15 is 0 Å². The summed E-state index contributed by atoms with van der Waals surface area (Å²) in [6.07, 6.45) is 2.62. The van der Waals surface area contributed by atoms with Gasteiger partial charge in [0.1, 0.15) is 0 Å². The Bertz CT molecular complexity index is 828. The van der Waals surface area contributed by atoms with E-state index in [4.69, 9.17) is 9.47 Å². The number of ether oxygens (including phenoxy) is 2. The van der Waals surface area contributed by atoms with E-state index in [1.54, 1.807) is 12.1 Å². The van der Waals surface area contributed by atoms with Gasteiger partial charge in [0.05, 0.1) is 16.6 Å². The van der Waals surface area contributed by atoms with Crippen LogP contribution in [0.1, 0.15) is 11.1 Å². The first-order valence-electron chi connectivity index (χ1n) is 7.17. The van der Waals surface area contributed by atoms with Crippen LogP contribution in [0.4, 0.5) is 11.4 Å². The van der Waals surface area contributed by atoms with E-state index in [9.17, 15) is 14.9 Å². The molecule has 0 radical (unpaired) electrons. The monoisotopic (exact) mass is 326 g/mol. The van der Waals surface area contributed by atoms with Gasteiger partial charge in [0.15, 0.2) is 11.5 Å². The van der Waals surface area contributed by atoms with Crippen LogP contribution in [-0.4, -0.2) is 17.6 Å². The molecule has 0 bridgehead atoms. The van der Waals surface area contributed by atoms with Crippen molar-refractivity contribution in [3.8, 4) is 11.5 Å². The largest absolute Gasteiger partial charge is 0.454 e. The molecule has 2 aromatic rings. The van der Waals surface area contributed by atoms with E-state index in [0.717, 1.165) is 5.56 Å². The molecule has 1 N–H and O–H groups in total. The van der Waals surface area contributed by atoms with Crippen LogP contribution in [0.3, 0.4) is 0 Å². The number of nitro benzene ring substituents is 1. The van der Waals surface area contributed by atoms with Crippen LogP contribution >= 0.6 is 0 Å². The summed E-state index contributed by atoms with van der Waals surface area (Å²) >= 11 is 0. The third kappa shape index (κ3) is 3.35. The molecule has 122 valence electrons. The molecule has 0 saturated carbocycles. The van der Waals surface area contributed by atoms with Gasteiger partial charge < -0.3 is 14.8 Å². The Morgan fingerprint density at radius 3 is 2.54 bits per heavy atom. The average Bonchev–Trinajstić information content (AvgIpc) is 3.01. The van der Waals surface area contributed by atoms with Crippen LogP contribution in [0.5, 0.6) is 11.5 Å². The second-order valence-corrected chi connectivity index (χ2v) is 5.21. The molecule has 0 spiro atoms. The number of nitrogens with zero attached hydrogens (tertiary/aromatic N) is 1. The number of nitrogens with one attached hydrogen (secondary N) is 1. The zero-order valence-electron chi connectivity index (χ0n) is 12.8. The summed E-state index contributed by atoms with van der Waals surface area (Å²) in [7, 11) is 0. The van der Waals surface area contributed by atoms with Crippen molar-refractivity contribution in [2.24, 2.45) is 0 Å². The van der Waals surface area contributed by atoms with E-state index in [1.807, 2.05) is 19.1 Å². The molecule has 0 atom stereocenters. The molecule has 0 fully saturated rings. The van der Waals surface area contributed by atoms with E-state index in [1.165, 1.54) is 24.3 Å². The molecule has 7 nitrogen and oxygen atoms in total. The van der Waals surface area contributed by atoms with Crippen molar-refractivity contribution >= 4 is 23.4 Å². The van der Waals surface area contributed by atoms with Gasteiger partial charge in [0, 0.05) is 11.8 Å². The normalized spacial score (nSPS) is 12.4. The van der Waals surface area contributed by atoms with E-state index in [0.29, 0.717) is 17.2 Å². The number of benzene rings is 2. The fourth-order valence-electron chi connectivity index (χ4n) is 2.22. The molecule has 24 heavy (non-hydrogen) atoms. The number of nitro groups is 1. The quantitative estimate of drug-likeness (QED) is 0.529. The molecule has 7 heteroatoms. The van der Waals surface area contributed by atoms with E-state index in [2.05, 4.69) is 5.32 Å². The lowest BCUT2D eigenvalue weighted by molar-refractivity contribution is -0.385. The van der Waals surface area contributed by atoms with Gasteiger partial charge >= 0.3 is 0 Å². The minimum atomic E-state index is -0.528. The number of amides is 1. The molecule has 0 aliphatic carbocycles. The topological polar surface area (TPSA) is 90.7 Å². The first-order valence-corrected chi connectivity index (χ1v) is 7.17. The summed E-state index contributed by atoms with van der Waals surface area (Å²) in [5.74, 6) is 0.355. The van der Waals surface area contributed by atoms with Gasteiger partial charge in [-0.25, -0.2) is 0 Å². The molecule has 2 aromatic carbocycles. The zero-order chi connectivity index (χ0) is 17.1. The molecular formula is C17H14N2O5. The standard InChI is InChI=1S/C17H14N2O5/c1-11-2-5-13(6-3-11)18-17(20)7-4-12-8-15-16(24-10-23-15)9-14(12)19(21)22/h2-9H,10H2,1H3,(H,18,20)/b7-4+. The van der Waals surface area contributed by atoms with Crippen LogP contribution in [0.25, 0.3) is 6.08 Å². The van der Waals surface area contributed by atoms with Crippen molar-refractivity contribution < 1.29 is 19.2 Å². The fraction of sp³-hybridized carbons (Fsp3) is 0.118. The maximum absolute atomic E-state index is 12.0. The highest BCUT2D eigenvalue weighted by Crippen LogP contribution is 2.38. The van der Waals surface area contributed by atoms with Gasteiger partial charge in [-0.1, -0.05) is 17.7 Å². The van der Waals surface area contributed by atoms with Gasteiger partial charge in [0.25, 0.3) is 5.69 Å². The lowest BCUT2D eigenvalue weighted by atomic mass is 10.1. The lowest BCUT2D eigenvalue weighted by Gasteiger charge is -2.03. The van der Waals surface area contributed by atoms with Crippen molar-refractivity contribution in [3.05, 3.63) is 63.7 Å². The Hall–Kier alpha value is -3.35. The number of aryl methyl sites for hydroxylation is 1. The average molecular weight is 326 g/mol. The fourth-order valence-corrected chi connectivity index (χ4v) is 2.22. The molecule has 1 amide bonds. The van der Waals surface area contributed by atoms with Crippen molar-refractivity contribution in [1.82, 2.24) is 0 Å². The molecule has 1 heterocycles. The van der Waals surface area contributed by atoms with Crippen LogP contribution < -0.4 is 14.8 Å². The minimum absolute atomic E-state index is 0.0214. The molecule has 0 saturated heterocycles. The zero-order valence-corrected chi connectivity index (χ0v) is 12.8. The Morgan fingerprint density at radius 1 is 1.21 bits per heavy atom. The maximum atomic E-state index is 12.0. The highest BCUT2D eigenvalue weighted by Gasteiger charge is 2.22. The highest BCUT2D eigenvalue weighted by molar-refractivity contribution is 6.02. The third-order valence-corrected chi connectivity index (χ3v) is 3.45. The summed E-state index contributed by atoms with van der Waals surface area (Å²) in [4.78, 5) is 22.6. The molecule has 0 unspecified atom stereocenters. The van der Waals surface area contributed by atoms with Crippen molar-refractivity contribution in [1.29, 1.82) is 0 Å². The summed E-state index contributed by atoms with van der Waals surface area (Å²) in [6, 6.07) is 10.1. The molecule has 3 rings (SSSR count). The van der Waals surface area contributed by atoms with Crippen molar-refractivity contribution in [3.63, 3.8) is 0 Å². The Balaban J connectivity index is 1.79.